The highest BCUT2D eigenvalue weighted by molar-refractivity contribution is 5.73. The lowest BCUT2D eigenvalue weighted by Crippen LogP contribution is -2.27. The normalized spacial score (nSPS) is 17.0. The van der Waals surface area contributed by atoms with Crippen molar-refractivity contribution in [1.82, 2.24) is 0 Å². The van der Waals surface area contributed by atoms with E-state index in [0.717, 1.165) is 12.8 Å². The van der Waals surface area contributed by atoms with Crippen molar-refractivity contribution >= 4 is 5.97 Å². The van der Waals surface area contributed by atoms with Gasteiger partial charge in [0.15, 0.2) is 0 Å². The van der Waals surface area contributed by atoms with Gasteiger partial charge in [0.1, 0.15) is 0 Å². The Bertz CT molecular complexity index is 546. The summed E-state index contributed by atoms with van der Waals surface area (Å²) in [4.78, 5) is 11.1. The third-order valence-corrected chi connectivity index (χ3v) is 5.29. The number of carboxylic acid groups (broad SMARTS) is 1. The summed E-state index contributed by atoms with van der Waals surface area (Å²) in [5.74, 6) is -0.828. The molecule has 4 N–H and O–H groups in total. The number of carboxylic acids is 1. The van der Waals surface area contributed by atoms with E-state index in [1.54, 1.807) is 20.8 Å². The van der Waals surface area contributed by atoms with Crippen LogP contribution in [0, 0.1) is 5.41 Å². The molecule has 0 radical (unpaired) electrons. The molecule has 0 fully saturated rings. The van der Waals surface area contributed by atoms with Crippen molar-refractivity contribution in [1.29, 1.82) is 0 Å². The number of hydrogen-bond acceptors (Lipinski definition) is 4. The Morgan fingerprint density at radius 3 is 2.27 bits per heavy atom. The highest BCUT2D eigenvalue weighted by atomic mass is 16.4. The molecule has 0 rings (SSSR count). The van der Waals surface area contributed by atoms with Crippen LogP contribution in [0.2, 0.25) is 0 Å². The van der Waals surface area contributed by atoms with Gasteiger partial charge in [0, 0.05) is 0 Å². The molecule has 0 saturated carbocycles. The summed E-state index contributed by atoms with van der Waals surface area (Å²) in [5.41, 5.74) is -1.87. The molecule has 0 bridgehead atoms. The number of allylic oxidation sites excluding steroid dienone is 3. The van der Waals surface area contributed by atoms with Crippen LogP contribution in [-0.4, -0.2) is 44.2 Å². The van der Waals surface area contributed by atoms with Gasteiger partial charge in [0.05, 0.1) is 23.2 Å². The molecule has 0 amide bonds. The molecule has 0 aliphatic rings. The molecule has 3 atom stereocenters. The van der Waals surface area contributed by atoms with Crippen molar-refractivity contribution in [2.24, 2.45) is 5.41 Å². The Morgan fingerprint density at radius 1 is 0.967 bits per heavy atom. The number of carbonyl (C=O) groups is 1. The van der Waals surface area contributed by atoms with Gasteiger partial charge < -0.3 is 20.4 Å². The molecular weight excluding hydrogens is 380 g/mol. The van der Waals surface area contributed by atoms with Crippen LogP contribution in [0.15, 0.2) is 36.5 Å². The zero-order valence-corrected chi connectivity index (χ0v) is 19.4. The molecule has 0 aromatic carbocycles. The SMILES string of the molecule is CCCCC/C=C\C/C=C\CC(C)(O)/C=C/C(O)C(O)CCCCC(C)(C)C(=O)O. The maximum atomic E-state index is 11.1. The molecule has 0 aromatic heterocycles. The van der Waals surface area contributed by atoms with E-state index < -0.39 is 29.2 Å². The van der Waals surface area contributed by atoms with Crippen molar-refractivity contribution in [3.63, 3.8) is 0 Å². The molecule has 0 heterocycles. The van der Waals surface area contributed by atoms with E-state index in [-0.39, 0.29) is 0 Å². The smallest absolute Gasteiger partial charge is 0.309 e. The van der Waals surface area contributed by atoms with E-state index in [0.29, 0.717) is 32.1 Å². The highest BCUT2D eigenvalue weighted by Gasteiger charge is 2.26. The number of aliphatic carboxylic acids is 1. The maximum absolute atomic E-state index is 11.1. The van der Waals surface area contributed by atoms with E-state index in [2.05, 4.69) is 19.1 Å². The minimum absolute atomic E-state index is 0.383. The molecular formula is C25H44O5. The van der Waals surface area contributed by atoms with E-state index in [1.807, 2.05) is 12.2 Å². The number of unbranched alkanes of at least 4 members (excludes halogenated alkanes) is 4. The van der Waals surface area contributed by atoms with Gasteiger partial charge in [-0.1, -0.05) is 69.1 Å². The Kier molecular flexibility index (Phi) is 14.7. The van der Waals surface area contributed by atoms with Crippen LogP contribution in [0.4, 0.5) is 0 Å². The predicted octanol–water partition coefficient (Wildman–Crippen LogP) is 5.16. The molecule has 0 aliphatic carbocycles. The highest BCUT2D eigenvalue weighted by Crippen LogP contribution is 2.24. The quantitative estimate of drug-likeness (QED) is 0.191. The zero-order valence-electron chi connectivity index (χ0n) is 19.4. The van der Waals surface area contributed by atoms with Crippen LogP contribution in [-0.2, 0) is 4.79 Å². The summed E-state index contributed by atoms with van der Waals surface area (Å²) in [6, 6.07) is 0. The Hall–Kier alpha value is -1.43. The predicted molar refractivity (Wildman–Crippen MR) is 123 cm³/mol. The Labute approximate surface area is 183 Å². The molecule has 0 aliphatic heterocycles. The molecule has 3 unspecified atom stereocenters. The number of aliphatic hydroxyl groups excluding tert-OH is 2. The third kappa shape index (κ3) is 14.5. The van der Waals surface area contributed by atoms with Gasteiger partial charge in [-0.25, -0.2) is 0 Å². The molecule has 0 saturated heterocycles. The Morgan fingerprint density at radius 2 is 1.63 bits per heavy atom. The van der Waals surface area contributed by atoms with E-state index in [4.69, 9.17) is 5.11 Å². The van der Waals surface area contributed by atoms with Crippen molar-refractivity contribution in [2.75, 3.05) is 0 Å². The second-order valence-electron chi connectivity index (χ2n) is 9.09. The second-order valence-corrected chi connectivity index (χ2v) is 9.09. The fraction of sp³-hybridized carbons (Fsp3) is 0.720. The summed E-state index contributed by atoms with van der Waals surface area (Å²) in [5, 5.41) is 39.7. The lowest BCUT2D eigenvalue weighted by Gasteiger charge is -2.21. The van der Waals surface area contributed by atoms with Gasteiger partial charge in [-0.3, -0.25) is 4.79 Å². The minimum Gasteiger partial charge on any atom is -0.481 e. The molecule has 5 nitrogen and oxygen atoms in total. The van der Waals surface area contributed by atoms with Crippen LogP contribution in [0.25, 0.3) is 0 Å². The van der Waals surface area contributed by atoms with Crippen LogP contribution in [0.3, 0.4) is 0 Å². The zero-order chi connectivity index (χ0) is 23.0. The molecule has 30 heavy (non-hydrogen) atoms. The van der Waals surface area contributed by atoms with Crippen molar-refractivity contribution in [2.45, 2.75) is 110 Å². The average molecular weight is 425 g/mol. The fourth-order valence-electron chi connectivity index (χ4n) is 2.92. The van der Waals surface area contributed by atoms with E-state index >= 15 is 0 Å². The molecule has 0 spiro atoms. The molecule has 0 aromatic rings. The number of rotatable bonds is 17. The van der Waals surface area contributed by atoms with Crippen LogP contribution in [0.1, 0.15) is 91.9 Å². The van der Waals surface area contributed by atoms with Gasteiger partial charge in [0.2, 0.25) is 0 Å². The summed E-state index contributed by atoms with van der Waals surface area (Å²) in [6.45, 7) is 7.23. The van der Waals surface area contributed by atoms with Crippen molar-refractivity contribution in [3.8, 4) is 0 Å². The second kappa shape index (κ2) is 15.4. The molecule has 5 heteroatoms. The van der Waals surface area contributed by atoms with E-state index in [1.165, 1.54) is 31.4 Å². The van der Waals surface area contributed by atoms with Crippen molar-refractivity contribution < 1.29 is 25.2 Å². The van der Waals surface area contributed by atoms with Crippen LogP contribution < -0.4 is 0 Å². The first-order valence-corrected chi connectivity index (χ1v) is 11.3. The van der Waals surface area contributed by atoms with E-state index in [9.17, 15) is 20.1 Å². The van der Waals surface area contributed by atoms with Gasteiger partial charge in [-0.05, 0) is 59.3 Å². The summed E-state index contributed by atoms with van der Waals surface area (Å²) in [7, 11) is 0. The first-order chi connectivity index (χ1) is 14.0. The number of hydrogen-bond donors (Lipinski definition) is 4. The van der Waals surface area contributed by atoms with Gasteiger partial charge in [0.25, 0.3) is 0 Å². The van der Waals surface area contributed by atoms with Gasteiger partial charge in [-0.2, -0.15) is 0 Å². The summed E-state index contributed by atoms with van der Waals surface area (Å²) in [6.07, 6.45) is 17.6. The number of aliphatic hydroxyl groups is 3. The first kappa shape index (κ1) is 28.6. The first-order valence-electron chi connectivity index (χ1n) is 11.3. The fourth-order valence-corrected chi connectivity index (χ4v) is 2.92. The van der Waals surface area contributed by atoms with Gasteiger partial charge in [-0.15, -0.1) is 0 Å². The maximum Gasteiger partial charge on any atom is 0.309 e. The monoisotopic (exact) mass is 424 g/mol. The topological polar surface area (TPSA) is 98.0 Å². The lowest BCUT2D eigenvalue weighted by molar-refractivity contribution is -0.147. The van der Waals surface area contributed by atoms with Gasteiger partial charge >= 0.3 is 5.97 Å². The lowest BCUT2D eigenvalue weighted by atomic mass is 9.87. The molecule has 174 valence electrons. The van der Waals surface area contributed by atoms with Crippen LogP contribution in [0.5, 0.6) is 0 Å². The Balaban J connectivity index is 4.19. The minimum atomic E-state index is -1.09. The largest absolute Gasteiger partial charge is 0.481 e. The summed E-state index contributed by atoms with van der Waals surface area (Å²) >= 11 is 0. The third-order valence-electron chi connectivity index (χ3n) is 5.29. The standard InChI is InChI=1S/C25H44O5/c1-5-6-7-8-9-10-11-12-14-19-25(4,30)20-17-22(27)21(26)16-13-15-18-24(2,3)23(28)29/h9-10,12,14,17,20-22,26-27,30H,5-8,11,13,15-16,18-19H2,1-4H3,(H,28,29)/b10-9-,14-12-,20-17+. The summed E-state index contributed by atoms with van der Waals surface area (Å²) < 4.78 is 0. The average Bonchev–Trinajstić information content (AvgIpc) is 2.67. The van der Waals surface area contributed by atoms with Crippen molar-refractivity contribution in [3.05, 3.63) is 36.5 Å². The van der Waals surface area contributed by atoms with Crippen LogP contribution >= 0.6 is 0 Å².